The molecule has 0 aliphatic heterocycles. The second-order valence-corrected chi connectivity index (χ2v) is 5.01. The summed E-state index contributed by atoms with van der Waals surface area (Å²) in [6.45, 7) is 0.364. The molecule has 0 aromatic rings. The van der Waals surface area contributed by atoms with E-state index in [0.717, 1.165) is 0 Å². The third kappa shape index (κ3) is 7.33. The van der Waals surface area contributed by atoms with Crippen LogP contribution in [0.3, 0.4) is 0 Å². The molecule has 0 aromatic heterocycles. The van der Waals surface area contributed by atoms with Crippen LogP contribution in [0.4, 0.5) is 0 Å². The summed E-state index contributed by atoms with van der Waals surface area (Å²) in [5, 5.41) is 8.44. The second-order valence-electron chi connectivity index (χ2n) is 2.76. The third-order valence-electron chi connectivity index (χ3n) is 1.54. The van der Waals surface area contributed by atoms with Gasteiger partial charge in [-0.25, -0.2) is 0 Å². The summed E-state index contributed by atoms with van der Waals surface area (Å²) in [6.07, 6.45) is 0.682. The zero-order chi connectivity index (χ0) is 11.0. The molecule has 0 rings (SSSR count). The lowest BCUT2D eigenvalue weighted by atomic mass is 10.2. The highest BCUT2D eigenvalue weighted by molar-refractivity contribution is 7.44. The summed E-state index contributed by atoms with van der Waals surface area (Å²) in [4.78, 5) is 10.3. The Kier molecular flexibility index (Phi) is 8.18. The number of hydrogen-bond donors (Lipinski definition) is 2. The van der Waals surface area contributed by atoms with Crippen LogP contribution < -0.4 is 5.73 Å². The van der Waals surface area contributed by atoms with E-state index in [9.17, 15) is 9.36 Å². The highest BCUT2D eigenvalue weighted by Crippen LogP contribution is 2.21. The predicted octanol–water partition coefficient (Wildman–Crippen LogP) is 0.561. The summed E-state index contributed by atoms with van der Waals surface area (Å²) in [5.41, 5.74) is 5.24. The van der Waals surface area contributed by atoms with E-state index in [1.165, 1.54) is 0 Å². The Labute approximate surface area is 88.3 Å². The van der Waals surface area contributed by atoms with E-state index in [2.05, 4.69) is 0 Å². The standard InChI is InChI=1S/C7H15ClNO4P/c8-2-3-13-5-14(12)4-1-6(9)7(10)11/h6,14H,1-5,9H2,(H,10,11). The number of halogens is 1. The molecule has 0 amide bonds. The molecule has 14 heavy (non-hydrogen) atoms. The maximum Gasteiger partial charge on any atom is 0.320 e. The molecule has 0 fully saturated rings. The zero-order valence-corrected chi connectivity index (χ0v) is 9.50. The summed E-state index contributed by atoms with van der Waals surface area (Å²) >= 11 is 5.34. The lowest BCUT2D eigenvalue weighted by molar-refractivity contribution is -0.138. The minimum atomic E-state index is -1.86. The van der Waals surface area contributed by atoms with E-state index in [1.807, 2.05) is 0 Å². The van der Waals surface area contributed by atoms with Crippen LogP contribution in [0.5, 0.6) is 0 Å². The number of carboxylic acids is 1. The van der Waals surface area contributed by atoms with Crippen molar-refractivity contribution in [3.8, 4) is 0 Å². The first-order valence-corrected chi connectivity index (χ1v) is 6.57. The van der Waals surface area contributed by atoms with Crippen molar-refractivity contribution in [1.82, 2.24) is 0 Å². The van der Waals surface area contributed by atoms with Crippen molar-refractivity contribution in [1.29, 1.82) is 0 Å². The van der Waals surface area contributed by atoms with Gasteiger partial charge in [-0.15, -0.1) is 11.6 Å². The van der Waals surface area contributed by atoms with Crippen molar-refractivity contribution >= 4 is 25.4 Å². The average Bonchev–Trinajstić information content (AvgIpc) is 2.14. The van der Waals surface area contributed by atoms with Crippen molar-refractivity contribution in [3.63, 3.8) is 0 Å². The van der Waals surface area contributed by atoms with E-state index < -0.39 is 19.8 Å². The van der Waals surface area contributed by atoms with Gasteiger partial charge in [0, 0.05) is 12.0 Å². The second kappa shape index (κ2) is 8.24. The quantitative estimate of drug-likeness (QED) is 0.369. The zero-order valence-electron chi connectivity index (χ0n) is 7.74. The number of ether oxygens (including phenoxy) is 1. The molecule has 0 spiro atoms. The molecule has 0 heterocycles. The molecule has 84 valence electrons. The summed E-state index contributed by atoms with van der Waals surface area (Å²) in [7, 11) is -1.86. The van der Waals surface area contributed by atoms with Crippen LogP contribution in [0.25, 0.3) is 0 Å². The molecule has 0 saturated carbocycles. The molecule has 2 unspecified atom stereocenters. The van der Waals surface area contributed by atoms with Crippen molar-refractivity contribution in [2.24, 2.45) is 5.73 Å². The van der Waals surface area contributed by atoms with E-state index >= 15 is 0 Å². The molecule has 3 N–H and O–H groups in total. The number of rotatable bonds is 8. The molecule has 0 saturated heterocycles. The van der Waals surface area contributed by atoms with Gasteiger partial charge >= 0.3 is 5.97 Å². The molecule has 7 heteroatoms. The molecule has 0 aliphatic rings. The van der Waals surface area contributed by atoms with Crippen LogP contribution >= 0.6 is 19.4 Å². The minimum absolute atomic E-state index is 0.156. The largest absolute Gasteiger partial charge is 0.480 e. The maximum atomic E-state index is 11.2. The third-order valence-corrected chi connectivity index (χ3v) is 3.06. The molecule has 2 atom stereocenters. The first kappa shape index (κ1) is 13.9. The molecular formula is C7H15ClNO4P. The summed E-state index contributed by atoms with van der Waals surface area (Å²) in [6, 6.07) is -0.933. The number of hydrogen-bond acceptors (Lipinski definition) is 4. The van der Waals surface area contributed by atoms with Gasteiger partial charge in [0.2, 0.25) is 0 Å². The Morgan fingerprint density at radius 1 is 1.64 bits per heavy atom. The number of carbonyl (C=O) groups is 1. The fourth-order valence-electron chi connectivity index (χ4n) is 0.753. The maximum absolute atomic E-state index is 11.2. The SMILES string of the molecule is NC(CC[PH](=O)COCCCl)C(=O)O. The van der Waals surface area contributed by atoms with E-state index in [0.29, 0.717) is 18.6 Å². The first-order valence-electron chi connectivity index (χ1n) is 4.21. The van der Waals surface area contributed by atoms with Crippen molar-refractivity contribution in [3.05, 3.63) is 0 Å². The van der Waals surface area contributed by atoms with Gasteiger partial charge in [0.1, 0.15) is 13.8 Å². The Balaban J connectivity index is 3.48. The van der Waals surface area contributed by atoms with E-state index in [-0.39, 0.29) is 12.8 Å². The van der Waals surface area contributed by atoms with Crippen molar-refractivity contribution < 1.29 is 19.2 Å². The van der Waals surface area contributed by atoms with Gasteiger partial charge in [-0.05, 0) is 6.42 Å². The number of carboxylic acid groups (broad SMARTS) is 1. The lowest BCUT2D eigenvalue weighted by Crippen LogP contribution is -2.30. The molecule has 0 bridgehead atoms. The Bertz CT molecular complexity index is 202. The number of aliphatic carboxylic acids is 1. The van der Waals surface area contributed by atoms with Gasteiger partial charge in [0.25, 0.3) is 0 Å². The fraction of sp³-hybridized carbons (Fsp3) is 0.857. The van der Waals surface area contributed by atoms with Crippen LogP contribution in [0, 0.1) is 0 Å². The van der Waals surface area contributed by atoms with Gasteiger partial charge < -0.3 is 20.1 Å². The van der Waals surface area contributed by atoms with Crippen LogP contribution in [-0.2, 0) is 14.1 Å². The van der Waals surface area contributed by atoms with Crippen LogP contribution in [0.2, 0.25) is 0 Å². The van der Waals surface area contributed by atoms with Gasteiger partial charge in [-0.3, -0.25) is 4.79 Å². The highest BCUT2D eigenvalue weighted by Gasteiger charge is 2.12. The van der Waals surface area contributed by atoms with E-state index in [4.69, 9.17) is 27.2 Å². The van der Waals surface area contributed by atoms with Crippen LogP contribution in [0.1, 0.15) is 6.42 Å². The smallest absolute Gasteiger partial charge is 0.320 e. The Morgan fingerprint density at radius 2 is 2.29 bits per heavy atom. The Hall–Kier alpha value is -0.0900. The fourth-order valence-corrected chi connectivity index (χ4v) is 2.01. The normalized spacial score (nSPS) is 15.0. The van der Waals surface area contributed by atoms with Gasteiger partial charge in [0.05, 0.1) is 13.0 Å². The number of alkyl halides is 1. The average molecular weight is 244 g/mol. The molecular weight excluding hydrogens is 229 g/mol. The topological polar surface area (TPSA) is 89.6 Å². The summed E-state index contributed by atoms with van der Waals surface area (Å²) < 4.78 is 16.2. The lowest BCUT2D eigenvalue weighted by Gasteiger charge is -2.06. The Morgan fingerprint density at radius 3 is 2.79 bits per heavy atom. The van der Waals surface area contributed by atoms with Crippen molar-refractivity contribution in [2.45, 2.75) is 12.5 Å². The van der Waals surface area contributed by atoms with Crippen LogP contribution in [-0.4, -0.2) is 42.1 Å². The molecule has 0 aromatic carbocycles. The first-order chi connectivity index (χ1) is 6.57. The summed E-state index contributed by atoms with van der Waals surface area (Å²) in [5.74, 6) is -0.703. The van der Waals surface area contributed by atoms with Crippen molar-refractivity contribution in [2.75, 3.05) is 25.0 Å². The monoisotopic (exact) mass is 243 g/mol. The molecule has 0 radical (unpaired) electrons. The minimum Gasteiger partial charge on any atom is -0.480 e. The van der Waals surface area contributed by atoms with Gasteiger partial charge in [0.15, 0.2) is 0 Å². The molecule has 5 nitrogen and oxygen atoms in total. The predicted molar refractivity (Wildman–Crippen MR) is 55.6 cm³/mol. The highest BCUT2D eigenvalue weighted by atomic mass is 35.5. The molecule has 0 aliphatic carbocycles. The van der Waals surface area contributed by atoms with Crippen LogP contribution in [0.15, 0.2) is 0 Å². The van der Waals surface area contributed by atoms with E-state index in [1.54, 1.807) is 0 Å². The number of nitrogens with two attached hydrogens (primary N) is 1. The van der Waals surface area contributed by atoms with Gasteiger partial charge in [-0.1, -0.05) is 0 Å². The van der Waals surface area contributed by atoms with Gasteiger partial charge in [-0.2, -0.15) is 0 Å².